The van der Waals surface area contributed by atoms with Gasteiger partial charge in [-0.25, -0.2) is 4.68 Å². The molecule has 0 bridgehead atoms. The van der Waals surface area contributed by atoms with E-state index >= 15 is 0 Å². The average Bonchev–Trinajstić information content (AvgIpc) is 3.41. The summed E-state index contributed by atoms with van der Waals surface area (Å²) in [5, 5.41) is 11.2. The number of benzene rings is 2. The van der Waals surface area contributed by atoms with E-state index in [1.54, 1.807) is 43.4 Å². The van der Waals surface area contributed by atoms with Crippen LogP contribution in [0.15, 0.2) is 78.3 Å². The second-order valence-corrected chi connectivity index (χ2v) is 9.29. The number of allylic oxidation sites excluding steroid dienone is 1. The normalized spacial score (nSPS) is 14.3. The van der Waals surface area contributed by atoms with E-state index < -0.39 is 6.04 Å². The minimum Gasteiger partial charge on any atom is -0.497 e. The molecule has 0 spiro atoms. The first-order valence-electron chi connectivity index (χ1n) is 13.2. The smallest absolute Gasteiger partial charge is 0.255 e. The Morgan fingerprint density at radius 2 is 1.85 bits per heavy atom. The Labute approximate surface area is 233 Å². The second kappa shape index (κ2) is 11.5. The summed E-state index contributed by atoms with van der Waals surface area (Å²) in [5.41, 5.74) is 4.43. The molecule has 40 heavy (non-hydrogen) atoms. The van der Waals surface area contributed by atoms with Gasteiger partial charge in [-0.1, -0.05) is 0 Å². The van der Waals surface area contributed by atoms with Crippen molar-refractivity contribution >= 4 is 23.2 Å². The number of pyridine rings is 1. The molecule has 206 valence electrons. The Morgan fingerprint density at radius 1 is 1.07 bits per heavy atom. The van der Waals surface area contributed by atoms with Gasteiger partial charge < -0.3 is 25.0 Å². The maximum atomic E-state index is 13.8. The highest BCUT2D eigenvalue weighted by molar-refractivity contribution is 6.06. The summed E-state index contributed by atoms with van der Waals surface area (Å²) in [7, 11) is 3.20. The number of carbonyl (C=O) groups is 1. The molecule has 1 unspecified atom stereocenters. The Hall–Kier alpha value is -4.86. The highest BCUT2D eigenvalue weighted by Crippen LogP contribution is 2.41. The van der Waals surface area contributed by atoms with Crippen LogP contribution in [0.1, 0.15) is 32.4 Å². The number of fused-ring (bicyclic) bond motifs is 1. The zero-order valence-corrected chi connectivity index (χ0v) is 23.3. The highest BCUT2D eigenvalue weighted by atomic mass is 16.5. The number of aromatic nitrogens is 4. The fraction of sp³-hybridized carbons (Fsp3) is 0.267. The van der Waals surface area contributed by atoms with Gasteiger partial charge in [-0.15, -0.1) is 5.10 Å². The molecule has 5 rings (SSSR count). The van der Waals surface area contributed by atoms with E-state index in [0.29, 0.717) is 45.8 Å². The number of methoxy groups -OCH3 is 2. The van der Waals surface area contributed by atoms with E-state index in [1.807, 2.05) is 37.3 Å². The zero-order chi connectivity index (χ0) is 28.2. The molecule has 10 heteroatoms. The standard InChI is InChI=1S/C30H33N7O3/c1-6-36(7-2)22-12-10-20(11-13-22)28-34-30-32-19(3)26(29(38)33-21-9-8-16-31-18-21)27(37(30)35-28)24-17-23(39-4)14-15-25(24)40-5/h8-18,27H,6-7H2,1-5H3,(H,33,38)(H,32,34,35). The number of anilines is 3. The van der Waals surface area contributed by atoms with Crippen LogP contribution >= 0.6 is 0 Å². The van der Waals surface area contributed by atoms with E-state index in [1.165, 1.54) is 0 Å². The van der Waals surface area contributed by atoms with Crippen LogP contribution < -0.4 is 25.0 Å². The number of rotatable bonds is 9. The van der Waals surface area contributed by atoms with E-state index in [-0.39, 0.29) is 5.91 Å². The van der Waals surface area contributed by atoms with Crippen molar-refractivity contribution in [2.45, 2.75) is 26.8 Å². The maximum absolute atomic E-state index is 13.8. The Bertz CT molecular complexity index is 1530. The quantitative estimate of drug-likeness (QED) is 0.302. The number of amides is 1. The summed E-state index contributed by atoms with van der Waals surface area (Å²) in [5.74, 6) is 2.00. The molecule has 1 amide bonds. The molecule has 1 atom stereocenters. The SMILES string of the molecule is CCN(CC)c1ccc(-c2nc3n(n2)C(c2cc(OC)ccc2OC)C(C(=O)Nc2cccnc2)=C(C)N3)cc1. The molecule has 2 aromatic heterocycles. The number of carbonyl (C=O) groups excluding carboxylic acids is 1. The average molecular weight is 540 g/mol. The molecule has 0 aliphatic carbocycles. The van der Waals surface area contributed by atoms with Crippen LogP contribution in [0.2, 0.25) is 0 Å². The second-order valence-electron chi connectivity index (χ2n) is 9.29. The molecule has 0 fully saturated rings. The summed E-state index contributed by atoms with van der Waals surface area (Å²) < 4.78 is 13.0. The van der Waals surface area contributed by atoms with Crippen LogP contribution in [0.4, 0.5) is 17.3 Å². The van der Waals surface area contributed by atoms with Crippen molar-refractivity contribution in [2.24, 2.45) is 0 Å². The molecule has 10 nitrogen and oxygen atoms in total. The first kappa shape index (κ1) is 26.7. The predicted octanol–water partition coefficient (Wildman–Crippen LogP) is 5.13. The molecule has 0 radical (unpaired) electrons. The van der Waals surface area contributed by atoms with Crippen molar-refractivity contribution in [2.75, 3.05) is 42.8 Å². The summed E-state index contributed by atoms with van der Waals surface area (Å²) in [6, 6.07) is 16.6. The number of hydrogen-bond acceptors (Lipinski definition) is 8. The number of nitrogens with zero attached hydrogens (tertiary/aromatic N) is 5. The van der Waals surface area contributed by atoms with E-state index in [0.717, 1.165) is 24.3 Å². The lowest BCUT2D eigenvalue weighted by atomic mass is 9.94. The van der Waals surface area contributed by atoms with Gasteiger partial charge in [0.15, 0.2) is 5.82 Å². The van der Waals surface area contributed by atoms with E-state index in [2.05, 4.69) is 46.5 Å². The van der Waals surface area contributed by atoms with Gasteiger partial charge in [-0.3, -0.25) is 9.78 Å². The number of ether oxygens (including phenoxy) is 2. The Morgan fingerprint density at radius 3 is 2.50 bits per heavy atom. The van der Waals surface area contributed by atoms with Crippen LogP contribution in [0.5, 0.6) is 11.5 Å². The van der Waals surface area contributed by atoms with Crippen molar-refractivity contribution in [1.29, 1.82) is 0 Å². The topological polar surface area (TPSA) is 106 Å². The lowest BCUT2D eigenvalue weighted by Crippen LogP contribution is -2.31. The third-order valence-electron chi connectivity index (χ3n) is 7.00. The number of hydrogen-bond donors (Lipinski definition) is 2. The minimum absolute atomic E-state index is 0.292. The van der Waals surface area contributed by atoms with Gasteiger partial charge in [0.25, 0.3) is 5.91 Å². The van der Waals surface area contributed by atoms with Crippen LogP contribution in [-0.2, 0) is 4.79 Å². The molecular weight excluding hydrogens is 506 g/mol. The first-order valence-corrected chi connectivity index (χ1v) is 13.2. The molecule has 0 saturated heterocycles. The molecular formula is C30H33N7O3. The van der Waals surface area contributed by atoms with Gasteiger partial charge in [0.1, 0.15) is 17.5 Å². The van der Waals surface area contributed by atoms with Crippen molar-refractivity contribution in [3.63, 3.8) is 0 Å². The molecule has 2 aromatic carbocycles. The van der Waals surface area contributed by atoms with Gasteiger partial charge in [0.2, 0.25) is 5.95 Å². The lowest BCUT2D eigenvalue weighted by Gasteiger charge is -2.29. The van der Waals surface area contributed by atoms with Crippen molar-refractivity contribution in [1.82, 2.24) is 19.7 Å². The Kier molecular flexibility index (Phi) is 7.68. The van der Waals surface area contributed by atoms with Gasteiger partial charge >= 0.3 is 0 Å². The third kappa shape index (κ3) is 5.07. The summed E-state index contributed by atoms with van der Waals surface area (Å²) in [4.78, 5) is 25.0. The van der Waals surface area contributed by atoms with Crippen molar-refractivity contribution in [3.8, 4) is 22.9 Å². The molecule has 1 aliphatic rings. The highest BCUT2D eigenvalue weighted by Gasteiger charge is 2.36. The summed E-state index contributed by atoms with van der Waals surface area (Å²) in [6.45, 7) is 7.98. The van der Waals surface area contributed by atoms with Crippen molar-refractivity contribution < 1.29 is 14.3 Å². The maximum Gasteiger partial charge on any atom is 0.255 e. The Balaban J connectivity index is 1.61. The van der Waals surface area contributed by atoms with E-state index in [4.69, 9.17) is 19.6 Å². The van der Waals surface area contributed by atoms with Crippen molar-refractivity contribution in [3.05, 3.63) is 83.8 Å². The van der Waals surface area contributed by atoms with Crippen LogP contribution in [0.25, 0.3) is 11.4 Å². The number of nitrogens with one attached hydrogen (secondary N) is 2. The predicted molar refractivity (Wildman–Crippen MR) is 156 cm³/mol. The van der Waals surface area contributed by atoms with Crippen LogP contribution in [0, 0.1) is 0 Å². The molecule has 4 aromatic rings. The minimum atomic E-state index is -0.644. The van der Waals surface area contributed by atoms with E-state index in [9.17, 15) is 4.79 Å². The molecule has 3 heterocycles. The van der Waals surface area contributed by atoms with Gasteiger partial charge in [0.05, 0.1) is 31.7 Å². The lowest BCUT2D eigenvalue weighted by molar-refractivity contribution is -0.113. The van der Waals surface area contributed by atoms with Gasteiger partial charge in [0, 0.05) is 41.8 Å². The van der Waals surface area contributed by atoms with Crippen LogP contribution in [-0.4, -0.2) is 53.0 Å². The largest absolute Gasteiger partial charge is 0.497 e. The summed E-state index contributed by atoms with van der Waals surface area (Å²) >= 11 is 0. The molecule has 0 saturated carbocycles. The van der Waals surface area contributed by atoms with Gasteiger partial charge in [-0.05, 0) is 75.4 Å². The van der Waals surface area contributed by atoms with Gasteiger partial charge in [-0.2, -0.15) is 4.98 Å². The monoisotopic (exact) mass is 539 g/mol. The molecule has 1 aliphatic heterocycles. The third-order valence-corrected chi connectivity index (χ3v) is 7.00. The zero-order valence-electron chi connectivity index (χ0n) is 23.3. The fourth-order valence-electron chi connectivity index (χ4n) is 4.95. The first-order chi connectivity index (χ1) is 19.5. The fourth-order valence-corrected chi connectivity index (χ4v) is 4.95. The summed E-state index contributed by atoms with van der Waals surface area (Å²) in [6.07, 6.45) is 3.26. The molecule has 2 N–H and O–H groups in total. The van der Waals surface area contributed by atoms with Crippen LogP contribution in [0.3, 0.4) is 0 Å².